The number of nitrogens with two attached hydrogens (primary N) is 1. The van der Waals surface area contributed by atoms with Gasteiger partial charge in [0.05, 0.1) is 0 Å². The van der Waals surface area contributed by atoms with Crippen LogP contribution >= 0.6 is 0 Å². The van der Waals surface area contributed by atoms with Gasteiger partial charge in [0.15, 0.2) is 0 Å². The Balaban J connectivity index is 2.02. The molecule has 0 heterocycles. The Labute approximate surface area is 105 Å². The number of benzene rings is 1. The summed E-state index contributed by atoms with van der Waals surface area (Å²) in [5.74, 6) is 0.836. The first-order valence-electron chi connectivity index (χ1n) is 6.80. The molecule has 2 heteroatoms. The van der Waals surface area contributed by atoms with Gasteiger partial charge in [-0.05, 0) is 43.2 Å². The Bertz CT molecular complexity index is 340. The fourth-order valence-electron chi connectivity index (χ4n) is 2.18. The summed E-state index contributed by atoms with van der Waals surface area (Å²) in [6, 6.07) is 9.83. The van der Waals surface area contributed by atoms with Gasteiger partial charge in [0.2, 0.25) is 0 Å². The van der Waals surface area contributed by atoms with E-state index in [1.165, 1.54) is 24.0 Å². The van der Waals surface area contributed by atoms with E-state index in [4.69, 9.17) is 5.73 Å². The van der Waals surface area contributed by atoms with Crippen LogP contribution in [0.2, 0.25) is 0 Å². The Morgan fingerprint density at radius 1 is 1.29 bits per heavy atom. The summed E-state index contributed by atoms with van der Waals surface area (Å²) in [4.78, 5) is 0. The molecule has 0 radical (unpaired) electrons. The van der Waals surface area contributed by atoms with Gasteiger partial charge in [-0.3, -0.25) is 0 Å². The molecule has 2 atom stereocenters. The molecule has 3 N–H and O–H groups in total. The molecule has 17 heavy (non-hydrogen) atoms. The average molecular weight is 232 g/mol. The first-order valence-corrected chi connectivity index (χ1v) is 6.80. The van der Waals surface area contributed by atoms with Crippen molar-refractivity contribution in [3.05, 3.63) is 35.4 Å². The van der Waals surface area contributed by atoms with Crippen LogP contribution in [0.15, 0.2) is 24.3 Å². The maximum Gasteiger partial charge on any atom is 0.0446 e. The van der Waals surface area contributed by atoms with Gasteiger partial charge in [-0.2, -0.15) is 0 Å². The highest BCUT2D eigenvalue weighted by molar-refractivity contribution is 5.29. The minimum atomic E-state index is 0.290. The highest BCUT2D eigenvalue weighted by Gasteiger charge is 2.23. The lowest BCUT2D eigenvalue weighted by atomic mass is 10.0. The van der Waals surface area contributed by atoms with Crippen molar-refractivity contribution in [3.63, 3.8) is 0 Å². The smallest absolute Gasteiger partial charge is 0.0446 e. The van der Waals surface area contributed by atoms with E-state index in [-0.39, 0.29) is 0 Å². The molecule has 1 aliphatic rings. The van der Waals surface area contributed by atoms with Gasteiger partial charge in [-0.25, -0.2) is 0 Å². The third kappa shape index (κ3) is 3.30. The third-order valence-electron chi connectivity index (χ3n) is 3.72. The number of nitrogens with one attached hydrogen (secondary N) is 1. The molecule has 1 aliphatic carbocycles. The van der Waals surface area contributed by atoms with E-state index < -0.39 is 0 Å². The predicted molar refractivity (Wildman–Crippen MR) is 73.1 cm³/mol. The van der Waals surface area contributed by atoms with Crippen LogP contribution in [0.3, 0.4) is 0 Å². The van der Waals surface area contributed by atoms with E-state index in [9.17, 15) is 0 Å². The first kappa shape index (κ1) is 12.6. The van der Waals surface area contributed by atoms with Crippen molar-refractivity contribution >= 4 is 0 Å². The summed E-state index contributed by atoms with van der Waals surface area (Å²) in [6.45, 7) is 5.07. The molecule has 94 valence electrons. The lowest BCUT2D eigenvalue weighted by Gasteiger charge is -2.22. The molecule has 0 spiro atoms. The van der Waals surface area contributed by atoms with Crippen LogP contribution in [-0.4, -0.2) is 12.6 Å². The van der Waals surface area contributed by atoms with Gasteiger partial charge >= 0.3 is 0 Å². The van der Waals surface area contributed by atoms with Crippen molar-refractivity contribution in [2.75, 3.05) is 6.54 Å². The molecule has 2 rings (SSSR count). The van der Waals surface area contributed by atoms with Crippen molar-refractivity contribution in [3.8, 4) is 0 Å². The maximum atomic E-state index is 5.86. The van der Waals surface area contributed by atoms with E-state index in [2.05, 4.69) is 43.4 Å². The summed E-state index contributed by atoms with van der Waals surface area (Å²) in [7, 11) is 0. The normalized spacial score (nSPS) is 19.0. The lowest BCUT2D eigenvalue weighted by molar-refractivity contribution is 0.452. The van der Waals surface area contributed by atoms with Crippen molar-refractivity contribution < 1.29 is 0 Å². The van der Waals surface area contributed by atoms with Crippen LogP contribution in [0.5, 0.6) is 0 Å². The van der Waals surface area contributed by atoms with Crippen LogP contribution < -0.4 is 11.1 Å². The summed E-state index contributed by atoms with van der Waals surface area (Å²) in [6.07, 6.45) is 3.87. The van der Waals surface area contributed by atoms with Gasteiger partial charge in [0.1, 0.15) is 0 Å². The zero-order valence-corrected chi connectivity index (χ0v) is 10.9. The van der Waals surface area contributed by atoms with Gasteiger partial charge in [-0.1, -0.05) is 31.2 Å². The first-order chi connectivity index (χ1) is 8.24. The molecule has 0 saturated heterocycles. The maximum absolute atomic E-state index is 5.86. The van der Waals surface area contributed by atoms with Crippen molar-refractivity contribution in [1.82, 2.24) is 5.32 Å². The van der Waals surface area contributed by atoms with E-state index in [1.54, 1.807) is 0 Å². The second-order valence-electron chi connectivity index (χ2n) is 5.21. The average Bonchev–Trinajstić information content (AvgIpc) is 3.20. The standard InChI is InChI=1S/C15H24N2/c1-3-11(2)17-15(10-16)14-8-6-13(7-9-14)12-4-5-12/h6-9,11-12,15,17H,3-5,10,16H2,1-2H3. The topological polar surface area (TPSA) is 38.0 Å². The quantitative estimate of drug-likeness (QED) is 0.791. The fourth-order valence-corrected chi connectivity index (χ4v) is 2.18. The fraction of sp³-hybridized carbons (Fsp3) is 0.600. The summed E-state index contributed by atoms with van der Waals surface area (Å²) in [5.41, 5.74) is 8.67. The van der Waals surface area contributed by atoms with Crippen LogP contribution in [-0.2, 0) is 0 Å². The van der Waals surface area contributed by atoms with Crippen LogP contribution in [0.25, 0.3) is 0 Å². The van der Waals surface area contributed by atoms with E-state index in [0.29, 0.717) is 18.6 Å². The number of hydrogen-bond acceptors (Lipinski definition) is 2. The van der Waals surface area contributed by atoms with Crippen molar-refractivity contribution in [1.29, 1.82) is 0 Å². The SMILES string of the molecule is CCC(C)NC(CN)c1ccc(C2CC2)cc1. The molecule has 0 aromatic heterocycles. The lowest BCUT2D eigenvalue weighted by Crippen LogP contribution is -2.34. The highest BCUT2D eigenvalue weighted by Crippen LogP contribution is 2.40. The van der Waals surface area contributed by atoms with Crippen LogP contribution in [0.4, 0.5) is 0 Å². The third-order valence-corrected chi connectivity index (χ3v) is 3.72. The molecule has 0 bridgehead atoms. The van der Waals surface area contributed by atoms with Gasteiger partial charge < -0.3 is 11.1 Å². The van der Waals surface area contributed by atoms with Gasteiger partial charge in [-0.15, -0.1) is 0 Å². The molecule has 2 nitrogen and oxygen atoms in total. The second kappa shape index (κ2) is 5.65. The van der Waals surface area contributed by atoms with Crippen molar-refractivity contribution in [2.24, 2.45) is 5.73 Å². The number of rotatable bonds is 6. The second-order valence-corrected chi connectivity index (χ2v) is 5.21. The molecule has 1 fully saturated rings. The Kier molecular flexibility index (Phi) is 4.19. The van der Waals surface area contributed by atoms with E-state index in [0.717, 1.165) is 12.3 Å². The molecular formula is C15H24N2. The van der Waals surface area contributed by atoms with Crippen LogP contribution in [0.1, 0.15) is 56.2 Å². The molecule has 0 amide bonds. The predicted octanol–water partition coefficient (Wildman–Crippen LogP) is 2.95. The molecule has 1 aromatic carbocycles. The summed E-state index contributed by atoms with van der Waals surface area (Å²) >= 11 is 0. The van der Waals surface area contributed by atoms with Crippen molar-refractivity contribution in [2.45, 2.75) is 51.1 Å². The minimum absolute atomic E-state index is 0.290. The molecule has 1 saturated carbocycles. The largest absolute Gasteiger partial charge is 0.329 e. The Morgan fingerprint density at radius 2 is 1.94 bits per heavy atom. The zero-order valence-electron chi connectivity index (χ0n) is 10.9. The highest BCUT2D eigenvalue weighted by atomic mass is 15.0. The van der Waals surface area contributed by atoms with E-state index in [1.807, 2.05) is 0 Å². The van der Waals surface area contributed by atoms with Gasteiger partial charge in [0.25, 0.3) is 0 Å². The monoisotopic (exact) mass is 232 g/mol. The summed E-state index contributed by atoms with van der Waals surface area (Å²) < 4.78 is 0. The molecule has 2 unspecified atom stereocenters. The molecule has 0 aliphatic heterocycles. The Hall–Kier alpha value is -0.860. The molecular weight excluding hydrogens is 208 g/mol. The van der Waals surface area contributed by atoms with E-state index >= 15 is 0 Å². The molecule has 1 aromatic rings. The zero-order chi connectivity index (χ0) is 12.3. The number of hydrogen-bond donors (Lipinski definition) is 2. The van der Waals surface area contributed by atoms with Crippen LogP contribution in [0, 0.1) is 0 Å². The van der Waals surface area contributed by atoms with Gasteiger partial charge in [0, 0.05) is 18.6 Å². The minimum Gasteiger partial charge on any atom is -0.329 e. The Morgan fingerprint density at radius 3 is 2.41 bits per heavy atom. The summed E-state index contributed by atoms with van der Waals surface area (Å²) in [5, 5.41) is 3.57.